The molecule has 2 aromatic carbocycles. The Kier molecular flexibility index (Phi) is 5.17. The molecular formula is C16H18ClNO3. The molecule has 0 aliphatic carbocycles. The Balaban J connectivity index is 2.20. The molecular weight excluding hydrogens is 290 g/mol. The summed E-state index contributed by atoms with van der Waals surface area (Å²) in [7, 11) is 4.77. The molecule has 4 nitrogen and oxygen atoms in total. The number of nitrogens with one attached hydrogen (secondary N) is 1. The third-order valence-corrected chi connectivity index (χ3v) is 3.29. The zero-order valence-electron chi connectivity index (χ0n) is 12.3. The van der Waals surface area contributed by atoms with Gasteiger partial charge in [0.2, 0.25) is 5.75 Å². The second kappa shape index (κ2) is 7.09. The van der Waals surface area contributed by atoms with Crippen molar-refractivity contribution < 1.29 is 14.2 Å². The average Bonchev–Trinajstić information content (AvgIpc) is 2.51. The molecule has 2 aromatic rings. The van der Waals surface area contributed by atoms with Crippen LogP contribution in [0.4, 0.5) is 5.69 Å². The van der Waals surface area contributed by atoms with E-state index in [1.807, 2.05) is 36.4 Å². The lowest BCUT2D eigenvalue weighted by molar-refractivity contribution is 0.324. The van der Waals surface area contributed by atoms with Crippen LogP contribution in [0.2, 0.25) is 5.02 Å². The van der Waals surface area contributed by atoms with Gasteiger partial charge in [-0.2, -0.15) is 0 Å². The molecule has 0 atom stereocenters. The van der Waals surface area contributed by atoms with E-state index in [1.165, 1.54) is 0 Å². The lowest BCUT2D eigenvalue weighted by atomic mass is 10.2. The van der Waals surface area contributed by atoms with E-state index in [4.69, 9.17) is 25.8 Å². The fourth-order valence-corrected chi connectivity index (χ4v) is 2.25. The Morgan fingerprint density at radius 3 is 2.14 bits per heavy atom. The van der Waals surface area contributed by atoms with E-state index in [-0.39, 0.29) is 0 Å². The van der Waals surface area contributed by atoms with Crippen LogP contribution in [-0.2, 0) is 6.54 Å². The number of anilines is 1. The first kappa shape index (κ1) is 15.3. The summed E-state index contributed by atoms with van der Waals surface area (Å²) in [6, 6.07) is 11.4. The third-order valence-electron chi connectivity index (χ3n) is 3.05. The highest BCUT2D eigenvalue weighted by Crippen LogP contribution is 2.40. The molecule has 0 saturated carbocycles. The van der Waals surface area contributed by atoms with Gasteiger partial charge in [-0.05, 0) is 17.7 Å². The quantitative estimate of drug-likeness (QED) is 0.876. The molecule has 0 heterocycles. The Bertz CT molecular complexity index is 591. The summed E-state index contributed by atoms with van der Waals surface area (Å²) in [4.78, 5) is 0. The molecule has 0 radical (unpaired) electrons. The van der Waals surface area contributed by atoms with Gasteiger partial charge >= 0.3 is 0 Å². The second-order valence-corrected chi connectivity index (χ2v) is 4.83. The van der Waals surface area contributed by atoms with E-state index >= 15 is 0 Å². The van der Waals surface area contributed by atoms with Gasteiger partial charge in [-0.3, -0.25) is 0 Å². The van der Waals surface area contributed by atoms with Crippen molar-refractivity contribution in [2.75, 3.05) is 26.6 Å². The summed E-state index contributed by atoms with van der Waals surface area (Å²) < 4.78 is 15.9. The maximum absolute atomic E-state index is 5.98. The van der Waals surface area contributed by atoms with E-state index in [1.54, 1.807) is 21.3 Å². The molecule has 0 saturated heterocycles. The molecule has 0 amide bonds. The molecule has 0 spiro atoms. The van der Waals surface area contributed by atoms with Gasteiger partial charge in [-0.25, -0.2) is 0 Å². The zero-order chi connectivity index (χ0) is 15.2. The number of methoxy groups -OCH3 is 3. The van der Waals surface area contributed by atoms with E-state index in [0.29, 0.717) is 23.8 Å². The number of hydrogen-bond acceptors (Lipinski definition) is 4. The number of benzene rings is 2. The molecule has 21 heavy (non-hydrogen) atoms. The predicted molar refractivity (Wildman–Crippen MR) is 84.9 cm³/mol. The van der Waals surface area contributed by atoms with E-state index in [2.05, 4.69) is 5.32 Å². The van der Waals surface area contributed by atoms with Crippen molar-refractivity contribution in [3.8, 4) is 17.2 Å². The Labute approximate surface area is 129 Å². The molecule has 0 aliphatic rings. The van der Waals surface area contributed by atoms with Crippen LogP contribution in [0, 0.1) is 0 Å². The molecule has 2 rings (SSSR count). The fraction of sp³-hybridized carbons (Fsp3) is 0.250. The van der Waals surface area contributed by atoms with Crippen LogP contribution in [0.25, 0.3) is 0 Å². The van der Waals surface area contributed by atoms with Gasteiger partial charge in [-0.15, -0.1) is 0 Å². The zero-order valence-corrected chi connectivity index (χ0v) is 13.0. The molecule has 0 aliphatic heterocycles. The number of hydrogen-bond donors (Lipinski definition) is 1. The van der Waals surface area contributed by atoms with Crippen LogP contribution in [0.15, 0.2) is 36.4 Å². The summed E-state index contributed by atoms with van der Waals surface area (Å²) in [5, 5.41) is 4.04. The normalized spacial score (nSPS) is 10.1. The van der Waals surface area contributed by atoms with Crippen LogP contribution in [-0.4, -0.2) is 21.3 Å². The molecule has 0 aromatic heterocycles. The lowest BCUT2D eigenvalue weighted by Crippen LogP contribution is -2.01. The van der Waals surface area contributed by atoms with Gasteiger partial charge in [0.1, 0.15) is 0 Å². The van der Waals surface area contributed by atoms with Crippen molar-refractivity contribution in [3.05, 3.63) is 47.0 Å². The van der Waals surface area contributed by atoms with Crippen molar-refractivity contribution in [1.82, 2.24) is 0 Å². The molecule has 112 valence electrons. The van der Waals surface area contributed by atoms with Crippen LogP contribution < -0.4 is 19.5 Å². The van der Waals surface area contributed by atoms with Crippen LogP contribution >= 0.6 is 11.6 Å². The summed E-state index contributed by atoms with van der Waals surface area (Å²) in [5.74, 6) is 1.81. The maximum Gasteiger partial charge on any atom is 0.203 e. The Hall–Kier alpha value is -2.07. The molecule has 0 unspecified atom stereocenters. The molecule has 0 bridgehead atoms. The predicted octanol–water partition coefficient (Wildman–Crippen LogP) is 3.98. The van der Waals surface area contributed by atoms with Crippen LogP contribution in [0.1, 0.15) is 5.56 Å². The SMILES string of the molecule is COc1cc(NCc2cccc(Cl)c2)cc(OC)c1OC. The van der Waals surface area contributed by atoms with Crippen molar-refractivity contribution in [3.63, 3.8) is 0 Å². The van der Waals surface area contributed by atoms with Gasteiger partial charge in [0.25, 0.3) is 0 Å². The van der Waals surface area contributed by atoms with Crippen molar-refractivity contribution in [2.24, 2.45) is 0 Å². The minimum Gasteiger partial charge on any atom is -0.493 e. The standard InChI is InChI=1S/C16H18ClNO3/c1-19-14-8-13(9-15(20-2)16(14)21-3)18-10-11-5-4-6-12(17)7-11/h4-9,18H,10H2,1-3H3. The van der Waals surface area contributed by atoms with Crippen molar-refractivity contribution in [1.29, 1.82) is 0 Å². The average molecular weight is 308 g/mol. The van der Waals surface area contributed by atoms with Gasteiger partial charge in [0.05, 0.1) is 21.3 Å². The maximum atomic E-state index is 5.98. The lowest BCUT2D eigenvalue weighted by Gasteiger charge is -2.15. The highest BCUT2D eigenvalue weighted by molar-refractivity contribution is 6.30. The number of rotatable bonds is 6. The third kappa shape index (κ3) is 3.73. The summed E-state index contributed by atoms with van der Waals surface area (Å²) in [6.07, 6.45) is 0. The minimum atomic E-state index is 0.577. The summed E-state index contributed by atoms with van der Waals surface area (Å²) >= 11 is 5.98. The van der Waals surface area contributed by atoms with E-state index in [9.17, 15) is 0 Å². The Morgan fingerprint density at radius 2 is 1.62 bits per heavy atom. The first-order chi connectivity index (χ1) is 10.2. The van der Waals surface area contributed by atoms with Crippen LogP contribution in [0.3, 0.4) is 0 Å². The van der Waals surface area contributed by atoms with E-state index < -0.39 is 0 Å². The topological polar surface area (TPSA) is 39.7 Å². The van der Waals surface area contributed by atoms with Gasteiger partial charge in [0.15, 0.2) is 11.5 Å². The molecule has 5 heteroatoms. The number of halogens is 1. The first-order valence-corrected chi connectivity index (χ1v) is 6.84. The monoisotopic (exact) mass is 307 g/mol. The fourth-order valence-electron chi connectivity index (χ4n) is 2.03. The Morgan fingerprint density at radius 1 is 0.952 bits per heavy atom. The second-order valence-electron chi connectivity index (χ2n) is 4.40. The first-order valence-electron chi connectivity index (χ1n) is 6.46. The largest absolute Gasteiger partial charge is 0.493 e. The van der Waals surface area contributed by atoms with Crippen molar-refractivity contribution >= 4 is 17.3 Å². The molecule has 1 N–H and O–H groups in total. The summed E-state index contributed by atoms with van der Waals surface area (Å²) in [6.45, 7) is 0.652. The van der Waals surface area contributed by atoms with Gasteiger partial charge in [-0.1, -0.05) is 23.7 Å². The van der Waals surface area contributed by atoms with E-state index in [0.717, 1.165) is 16.3 Å². The van der Waals surface area contributed by atoms with Crippen LogP contribution in [0.5, 0.6) is 17.2 Å². The minimum absolute atomic E-state index is 0.577. The highest BCUT2D eigenvalue weighted by Gasteiger charge is 2.12. The van der Waals surface area contributed by atoms with Gasteiger partial charge < -0.3 is 19.5 Å². The molecule has 0 fully saturated rings. The smallest absolute Gasteiger partial charge is 0.203 e. The van der Waals surface area contributed by atoms with Crippen molar-refractivity contribution in [2.45, 2.75) is 6.54 Å². The van der Waals surface area contributed by atoms with Gasteiger partial charge in [0, 0.05) is 29.4 Å². The number of ether oxygens (including phenoxy) is 3. The highest BCUT2D eigenvalue weighted by atomic mass is 35.5. The summed E-state index contributed by atoms with van der Waals surface area (Å²) in [5.41, 5.74) is 1.97.